The lowest BCUT2D eigenvalue weighted by molar-refractivity contribution is -0.266. The normalized spacial score (nSPS) is 35.6. The molecule has 6 atom stereocenters. The summed E-state index contributed by atoms with van der Waals surface area (Å²) in [5.41, 5.74) is -2.64. The van der Waals surface area contributed by atoms with Crippen molar-refractivity contribution in [1.29, 1.82) is 0 Å². The highest BCUT2D eigenvalue weighted by atomic mass is 31.2. The molecule has 0 radical (unpaired) electrons. The molecule has 9 nitrogen and oxygen atoms in total. The van der Waals surface area contributed by atoms with Crippen LogP contribution in [0.3, 0.4) is 0 Å². The minimum Gasteiger partial charge on any atom is -0.387 e. The van der Waals surface area contributed by atoms with Crippen LogP contribution in [0.5, 0.6) is 0 Å². The molecular weight excluding hydrogens is 367 g/mol. The van der Waals surface area contributed by atoms with Gasteiger partial charge in [-0.3, -0.25) is 4.52 Å². The van der Waals surface area contributed by atoms with Crippen LogP contribution in [0.1, 0.15) is 5.56 Å². The molecule has 10 heteroatoms. The van der Waals surface area contributed by atoms with Crippen molar-refractivity contribution in [2.45, 2.75) is 36.1 Å². The van der Waals surface area contributed by atoms with E-state index in [1.54, 1.807) is 30.3 Å². The second-order valence-corrected chi connectivity index (χ2v) is 7.43. The summed E-state index contributed by atoms with van der Waals surface area (Å²) in [6, 6.07) is 11.1. The van der Waals surface area contributed by atoms with Crippen molar-refractivity contribution < 1.29 is 44.4 Å². The van der Waals surface area contributed by atoms with Gasteiger partial charge in [0.25, 0.3) is 0 Å². The third-order valence-corrected chi connectivity index (χ3v) is 5.25. The third kappa shape index (κ3) is 2.97. The molecule has 1 saturated carbocycles. The first-order valence-corrected chi connectivity index (χ1v) is 9.27. The molecule has 0 amide bonds. The summed E-state index contributed by atoms with van der Waals surface area (Å²) in [4.78, 5) is 18.8. The van der Waals surface area contributed by atoms with Crippen LogP contribution in [0.2, 0.25) is 0 Å². The van der Waals surface area contributed by atoms with Crippen LogP contribution in [0.25, 0.3) is 10.8 Å². The molecule has 1 fully saturated rings. The van der Waals surface area contributed by atoms with Crippen LogP contribution in [-0.4, -0.2) is 65.8 Å². The Kier molecular flexibility index (Phi) is 4.95. The van der Waals surface area contributed by atoms with Gasteiger partial charge in [0.15, 0.2) is 5.60 Å². The molecule has 142 valence electrons. The van der Waals surface area contributed by atoms with Gasteiger partial charge in [-0.15, -0.1) is 0 Å². The highest BCUT2D eigenvalue weighted by Gasteiger charge is 2.62. The number of benzene rings is 2. The molecule has 0 saturated heterocycles. The molecule has 2 unspecified atom stereocenters. The average molecular weight is 386 g/mol. The average Bonchev–Trinajstić information content (AvgIpc) is 2.61. The Morgan fingerprint density at radius 3 is 1.92 bits per heavy atom. The van der Waals surface area contributed by atoms with Crippen LogP contribution in [0.15, 0.2) is 42.5 Å². The van der Waals surface area contributed by atoms with Crippen molar-refractivity contribution in [3.8, 4) is 0 Å². The van der Waals surface area contributed by atoms with Gasteiger partial charge in [0, 0.05) is 0 Å². The van der Waals surface area contributed by atoms with E-state index in [0.717, 1.165) is 0 Å². The first kappa shape index (κ1) is 19.4. The number of aliphatic hydroxyl groups is 5. The Morgan fingerprint density at radius 1 is 0.808 bits per heavy atom. The Bertz CT molecular complexity index is 829. The van der Waals surface area contributed by atoms with E-state index in [9.17, 15) is 39.9 Å². The zero-order chi connectivity index (χ0) is 19.3. The molecule has 2 aromatic rings. The van der Waals surface area contributed by atoms with E-state index in [-0.39, 0.29) is 5.56 Å². The first-order valence-electron chi connectivity index (χ1n) is 7.74. The van der Waals surface area contributed by atoms with E-state index in [1.165, 1.54) is 12.1 Å². The number of rotatable bonds is 3. The minimum atomic E-state index is -5.31. The number of phosphoric ester groups is 1. The molecule has 26 heavy (non-hydrogen) atoms. The fourth-order valence-electron chi connectivity index (χ4n) is 3.50. The van der Waals surface area contributed by atoms with E-state index in [1.807, 2.05) is 0 Å². The van der Waals surface area contributed by atoms with E-state index in [4.69, 9.17) is 4.52 Å². The zero-order valence-corrected chi connectivity index (χ0v) is 14.2. The summed E-state index contributed by atoms with van der Waals surface area (Å²) in [5, 5.41) is 52.1. The zero-order valence-electron chi connectivity index (χ0n) is 13.3. The van der Waals surface area contributed by atoms with Crippen molar-refractivity contribution in [3.63, 3.8) is 0 Å². The van der Waals surface area contributed by atoms with Crippen LogP contribution < -0.4 is 0 Å². The number of phosphoric acid groups is 1. The lowest BCUT2D eigenvalue weighted by atomic mass is 9.70. The molecule has 2 aromatic carbocycles. The minimum absolute atomic E-state index is 0.0519. The fourth-order valence-corrected chi connectivity index (χ4v) is 4.20. The first-order chi connectivity index (χ1) is 12.1. The Morgan fingerprint density at radius 2 is 1.35 bits per heavy atom. The molecule has 0 heterocycles. The van der Waals surface area contributed by atoms with E-state index >= 15 is 0 Å². The van der Waals surface area contributed by atoms with Gasteiger partial charge in [-0.25, -0.2) is 4.57 Å². The second kappa shape index (κ2) is 6.65. The van der Waals surface area contributed by atoms with Gasteiger partial charge in [0.2, 0.25) is 0 Å². The van der Waals surface area contributed by atoms with Crippen LogP contribution in [0.4, 0.5) is 0 Å². The highest BCUT2D eigenvalue weighted by molar-refractivity contribution is 7.46. The summed E-state index contributed by atoms with van der Waals surface area (Å²) in [7, 11) is -5.31. The Labute approximate surface area is 148 Å². The monoisotopic (exact) mass is 386 g/mol. The van der Waals surface area contributed by atoms with Gasteiger partial charge >= 0.3 is 7.82 Å². The Hall–Kier alpha value is -1.39. The largest absolute Gasteiger partial charge is 0.470 e. The van der Waals surface area contributed by atoms with Gasteiger partial charge in [0.05, 0.1) is 0 Å². The molecule has 1 aliphatic carbocycles. The summed E-state index contributed by atoms with van der Waals surface area (Å²) < 4.78 is 16.4. The molecule has 3 rings (SSSR count). The van der Waals surface area contributed by atoms with Crippen molar-refractivity contribution in [1.82, 2.24) is 0 Å². The summed E-state index contributed by atoms with van der Waals surface area (Å²) >= 11 is 0. The van der Waals surface area contributed by atoms with Gasteiger partial charge in [-0.2, -0.15) is 0 Å². The molecule has 1 aliphatic rings. The molecule has 0 bridgehead atoms. The molecule has 0 aromatic heterocycles. The molecule has 0 aliphatic heterocycles. The standard InChI is InChI=1S/C16H19O9P/c17-11-12(18)14(20)16(15(21)13(11)19,25-26(22,23)24)10-7-3-5-8-4-1-2-6-9(8)10/h1-7,11-15,17-21H,(H2,22,23,24)/t11?,12-,13+,14-,15-,16?/m0/s1. The lowest BCUT2D eigenvalue weighted by Crippen LogP contribution is -2.69. The maximum absolute atomic E-state index is 11.6. The predicted octanol–water partition coefficient (Wildman–Crippen LogP) is -1.04. The number of aliphatic hydroxyl groups excluding tert-OH is 5. The van der Waals surface area contributed by atoms with Crippen LogP contribution >= 0.6 is 7.82 Å². The van der Waals surface area contributed by atoms with Gasteiger partial charge in [-0.1, -0.05) is 42.5 Å². The van der Waals surface area contributed by atoms with Gasteiger partial charge in [0.1, 0.15) is 30.5 Å². The smallest absolute Gasteiger partial charge is 0.387 e. The summed E-state index contributed by atoms with van der Waals surface area (Å²) in [5.74, 6) is 0. The highest BCUT2D eigenvalue weighted by Crippen LogP contribution is 2.53. The van der Waals surface area contributed by atoms with Gasteiger partial charge < -0.3 is 35.3 Å². The van der Waals surface area contributed by atoms with Crippen LogP contribution in [-0.2, 0) is 14.7 Å². The third-order valence-electron chi connectivity index (χ3n) is 4.71. The number of hydrogen-bond acceptors (Lipinski definition) is 7. The van der Waals surface area contributed by atoms with E-state index < -0.39 is 43.9 Å². The number of hydrogen-bond donors (Lipinski definition) is 7. The second-order valence-electron chi connectivity index (χ2n) is 6.26. The maximum atomic E-state index is 11.6. The van der Waals surface area contributed by atoms with Gasteiger partial charge in [-0.05, 0) is 16.3 Å². The SMILES string of the molecule is O=P(O)(O)OC1(c2cccc3ccccc23)[C@@H](O)[C@H](O)C(O)[C@H](O)[C@@H]1O. The predicted molar refractivity (Wildman–Crippen MR) is 88.8 cm³/mol. The molecular formula is C16H19O9P. The molecule has 0 spiro atoms. The lowest BCUT2D eigenvalue weighted by Gasteiger charge is -2.50. The maximum Gasteiger partial charge on any atom is 0.470 e. The van der Waals surface area contributed by atoms with Crippen molar-refractivity contribution >= 4 is 18.6 Å². The Balaban J connectivity index is 2.33. The topological polar surface area (TPSA) is 168 Å². The van der Waals surface area contributed by atoms with Crippen molar-refractivity contribution in [3.05, 3.63) is 48.0 Å². The quantitative estimate of drug-likeness (QED) is 0.326. The summed E-state index contributed by atoms with van der Waals surface area (Å²) in [6.07, 6.45) is -10.3. The van der Waals surface area contributed by atoms with Crippen molar-refractivity contribution in [2.24, 2.45) is 0 Å². The van der Waals surface area contributed by atoms with Crippen molar-refractivity contribution in [2.75, 3.05) is 0 Å². The number of fused-ring (bicyclic) bond motifs is 1. The fraction of sp³-hybridized carbons (Fsp3) is 0.375. The summed E-state index contributed by atoms with van der Waals surface area (Å²) in [6.45, 7) is 0. The van der Waals surface area contributed by atoms with E-state index in [2.05, 4.69) is 0 Å². The molecule has 7 N–H and O–H groups in total. The van der Waals surface area contributed by atoms with Crippen LogP contribution in [0, 0.1) is 0 Å². The van der Waals surface area contributed by atoms with E-state index in [0.29, 0.717) is 10.8 Å².